The van der Waals surface area contributed by atoms with E-state index < -0.39 is 6.61 Å². The highest BCUT2D eigenvalue weighted by molar-refractivity contribution is 7.11. The van der Waals surface area contributed by atoms with Crippen molar-refractivity contribution in [2.45, 2.75) is 45.8 Å². The summed E-state index contributed by atoms with van der Waals surface area (Å²) in [7, 11) is 1.78. The number of aryl methyl sites for hydroxylation is 2. The van der Waals surface area contributed by atoms with Gasteiger partial charge in [-0.2, -0.15) is 8.78 Å². The van der Waals surface area contributed by atoms with E-state index in [0.29, 0.717) is 0 Å². The largest absolute Gasteiger partial charge is 0.435 e. The Hall–Kier alpha value is -2.42. The topological polar surface area (TPSA) is 61.8 Å². The summed E-state index contributed by atoms with van der Waals surface area (Å²) >= 11 is 1.74. The maximum atomic E-state index is 12.3. The lowest BCUT2D eigenvalue weighted by Crippen LogP contribution is -2.51. The summed E-state index contributed by atoms with van der Waals surface area (Å²) in [5.41, 5.74) is 2.11. The predicted octanol–water partition coefficient (Wildman–Crippen LogP) is 3.74. The molecular weight excluding hydrogens is 408 g/mol. The third-order valence-electron chi connectivity index (χ3n) is 5.06. The van der Waals surface area contributed by atoms with E-state index in [-0.39, 0.29) is 11.8 Å². The lowest BCUT2D eigenvalue weighted by atomic mass is 10.0. The van der Waals surface area contributed by atoms with Gasteiger partial charge in [0, 0.05) is 49.7 Å². The second-order valence-electron chi connectivity index (χ2n) is 7.29. The van der Waals surface area contributed by atoms with Crippen LogP contribution in [-0.2, 0) is 6.42 Å². The number of alkyl halides is 2. The Morgan fingerprint density at radius 1 is 1.33 bits per heavy atom. The minimum absolute atomic E-state index is 0.177. The standard InChI is InChI=1S/C21H29F2N5OS/c1-14-19(30-15(2)26-14)10-11-25-21(24-3)27-16-5-4-12-28(13-16)17-6-8-18(9-7-17)29-20(22)23/h6-9,16,20H,4-5,10-13H2,1-3H3,(H2,24,25,27). The Morgan fingerprint density at radius 3 is 2.73 bits per heavy atom. The number of benzene rings is 1. The fourth-order valence-corrected chi connectivity index (χ4v) is 4.59. The molecule has 3 rings (SSSR count). The molecule has 1 aliphatic heterocycles. The Balaban J connectivity index is 1.49. The van der Waals surface area contributed by atoms with Gasteiger partial charge < -0.3 is 20.3 Å². The minimum atomic E-state index is -2.80. The monoisotopic (exact) mass is 437 g/mol. The number of aliphatic imine (C=N–C) groups is 1. The Bertz CT molecular complexity index is 840. The molecule has 9 heteroatoms. The van der Waals surface area contributed by atoms with Crippen LogP contribution in [0, 0.1) is 13.8 Å². The molecular formula is C21H29F2N5OS. The van der Waals surface area contributed by atoms with E-state index in [9.17, 15) is 8.78 Å². The normalized spacial score (nSPS) is 17.3. The molecule has 2 heterocycles. The van der Waals surface area contributed by atoms with Crippen LogP contribution >= 0.6 is 11.3 Å². The zero-order chi connectivity index (χ0) is 21.5. The smallest absolute Gasteiger partial charge is 0.387 e. The van der Waals surface area contributed by atoms with Crippen molar-refractivity contribution in [1.82, 2.24) is 15.6 Å². The van der Waals surface area contributed by atoms with E-state index >= 15 is 0 Å². The average Bonchev–Trinajstić information content (AvgIpc) is 3.04. The van der Waals surface area contributed by atoms with Crippen molar-refractivity contribution in [2.75, 3.05) is 31.6 Å². The zero-order valence-corrected chi connectivity index (χ0v) is 18.4. The maximum Gasteiger partial charge on any atom is 0.387 e. The van der Waals surface area contributed by atoms with Crippen molar-refractivity contribution >= 4 is 23.0 Å². The first kappa shape index (κ1) is 22.3. The third kappa shape index (κ3) is 6.29. The highest BCUT2D eigenvalue weighted by Crippen LogP contribution is 2.24. The highest BCUT2D eigenvalue weighted by Gasteiger charge is 2.21. The van der Waals surface area contributed by atoms with Crippen molar-refractivity contribution in [2.24, 2.45) is 4.99 Å². The van der Waals surface area contributed by atoms with Crippen LogP contribution in [0.15, 0.2) is 29.3 Å². The van der Waals surface area contributed by atoms with Crippen LogP contribution in [0.1, 0.15) is 28.4 Å². The molecule has 164 valence electrons. The van der Waals surface area contributed by atoms with E-state index in [0.717, 1.165) is 61.2 Å². The molecule has 0 radical (unpaired) electrons. The van der Waals surface area contributed by atoms with Gasteiger partial charge in [-0.1, -0.05) is 0 Å². The predicted molar refractivity (Wildman–Crippen MR) is 118 cm³/mol. The maximum absolute atomic E-state index is 12.3. The molecule has 0 aliphatic carbocycles. The summed E-state index contributed by atoms with van der Waals surface area (Å²) in [4.78, 5) is 12.4. The zero-order valence-electron chi connectivity index (χ0n) is 17.6. The van der Waals surface area contributed by atoms with Gasteiger partial charge in [0.2, 0.25) is 0 Å². The van der Waals surface area contributed by atoms with Crippen molar-refractivity contribution in [3.63, 3.8) is 0 Å². The van der Waals surface area contributed by atoms with Crippen LogP contribution in [0.4, 0.5) is 14.5 Å². The molecule has 1 aromatic heterocycles. The van der Waals surface area contributed by atoms with Gasteiger partial charge in [-0.25, -0.2) is 4.98 Å². The fourth-order valence-electron chi connectivity index (χ4n) is 3.66. The van der Waals surface area contributed by atoms with Gasteiger partial charge in [-0.3, -0.25) is 4.99 Å². The SMILES string of the molecule is CN=C(NCCc1sc(C)nc1C)NC1CCCN(c2ccc(OC(F)F)cc2)C1. The van der Waals surface area contributed by atoms with Gasteiger partial charge in [-0.05, 0) is 51.0 Å². The average molecular weight is 438 g/mol. The Kier molecular flexibility index (Phi) is 7.84. The first-order valence-electron chi connectivity index (χ1n) is 10.1. The number of piperidine rings is 1. The second kappa shape index (κ2) is 10.6. The molecule has 0 amide bonds. The fraction of sp³-hybridized carbons (Fsp3) is 0.524. The van der Waals surface area contributed by atoms with Gasteiger partial charge in [-0.15, -0.1) is 11.3 Å². The molecule has 1 atom stereocenters. The molecule has 0 bridgehead atoms. The summed E-state index contributed by atoms with van der Waals surface area (Å²) in [6.45, 7) is 3.83. The quantitative estimate of drug-likeness (QED) is 0.511. The molecule has 1 fully saturated rings. The van der Waals surface area contributed by atoms with Crippen LogP contribution in [0.5, 0.6) is 5.75 Å². The van der Waals surface area contributed by atoms with Crippen LogP contribution < -0.4 is 20.3 Å². The minimum Gasteiger partial charge on any atom is -0.435 e. The van der Waals surface area contributed by atoms with Crippen molar-refractivity contribution in [3.05, 3.63) is 39.8 Å². The number of rotatable bonds is 7. The number of ether oxygens (including phenoxy) is 1. The number of aromatic nitrogens is 1. The first-order chi connectivity index (χ1) is 14.4. The van der Waals surface area contributed by atoms with E-state index in [1.165, 1.54) is 4.88 Å². The number of hydrogen-bond acceptors (Lipinski definition) is 5. The molecule has 1 unspecified atom stereocenters. The van der Waals surface area contributed by atoms with Gasteiger partial charge >= 0.3 is 6.61 Å². The van der Waals surface area contributed by atoms with Crippen LogP contribution in [0.3, 0.4) is 0 Å². The van der Waals surface area contributed by atoms with E-state index in [1.54, 1.807) is 30.5 Å². The molecule has 1 saturated heterocycles. The van der Waals surface area contributed by atoms with Crippen LogP contribution in [0.25, 0.3) is 0 Å². The molecule has 1 aliphatic rings. The third-order valence-corrected chi connectivity index (χ3v) is 6.19. The van der Waals surface area contributed by atoms with E-state index in [1.807, 2.05) is 19.1 Å². The Morgan fingerprint density at radius 2 is 2.10 bits per heavy atom. The second-order valence-corrected chi connectivity index (χ2v) is 8.58. The van der Waals surface area contributed by atoms with Gasteiger partial charge in [0.25, 0.3) is 0 Å². The van der Waals surface area contributed by atoms with Crippen molar-refractivity contribution in [1.29, 1.82) is 0 Å². The molecule has 1 aromatic carbocycles. The van der Waals surface area contributed by atoms with Crippen LogP contribution in [0.2, 0.25) is 0 Å². The molecule has 0 saturated carbocycles. The number of nitrogens with zero attached hydrogens (tertiary/aromatic N) is 3. The summed E-state index contributed by atoms with van der Waals surface area (Å²) in [6.07, 6.45) is 3.02. The summed E-state index contributed by atoms with van der Waals surface area (Å²) in [6, 6.07) is 7.08. The van der Waals surface area contributed by atoms with Gasteiger partial charge in [0.15, 0.2) is 5.96 Å². The number of nitrogens with one attached hydrogen (secondary N) is 2. The number of halogens is 2. The number of anilines is 1. The van der Waals surface area contributed by atoms with Gasteiger partial charge in [0.1, 0.15) is 5.75 Å². The number of hydrogen-bond donors (Lipinski definition) is 2. The Labute approximate surface area is 180 Å². The number of thiazole rings is 1. The number of guanidine groups is 1. The lowest BCUT2D eigenvalue weighted by molar-refractivity contribution is -0.0498. The first-order valence-corrected chi connectivity index (χ1v) is 11.0. The molecule has 2 N–H and O–H groups in total. The van der Waals surface area contributed by atoms with E-state index in [2.05, 4.69) is 37.2 Å². The summed E-state index contributed by atoms with van der Waals surface area (Å²) < 4.78 is 29.1. The molecule has 30 heavy (non-hydrogen) atoms. The van der Waals surface area contributed by atoms with Crippen LogP contribution in [-0.4, -0.2) is 50.3 Å². The summed E-state index contributed by atoms with van der Waals surface area (Å²) in [5, 5.41) is 8.00. The van der Waals surface area contributed by atoms with E-state index in [4.69, 9.17) is 0 Å². The summed E-state index contributed by atoms with van der Waals surface area (Å²) in [5.74, 6) is 0.970. The van der Waals surface area contributed by atoms with Gasteiger partial charge in [0.05, 0.1) is 10.7 Å². The van der Waals surface area contributed by atoms with Crippen molar-refractivity contribution < 1.29 is 13.5 Å². The van der Waals surface area contributed by atoms with Crippen molar-refractivity contribution in [3.8, 4) is 5.75 Å². The molecule has 6 nitrogen and oxygen atoms in total. The molecule has 2 aromatic rings. The highest BCUT2D eigenvalue weighted by atomic mass is 32.1. The lowest BCUT2D eigenvalue weighted by Gasteiger charge is -2.35. The molecule has 0 spiro atoms.